The molecule has 1 aliphatic rings. The van der Waals surface area contributed by atoms with Crippen LogP contribution in [0, 0.1) is 5.41 Å². The lowest BCUT2D eigenvalue weighted by atomic mass is 9.82. The monoisotopic (exact) mass is 268 g/mol. The molecule has 0 bridgehead atoms. The van der Waals surface area contributed by atoms with Gasteiger partial charge in [0.15, 0.2) is 0 Å². The molecule has 0 aromatic heterocycles. The first-order valence-corrected chi connectivity index (χ1v) is 6.20. The molecule has 15 heavy (non-hydrogen) atoms. The number of rotatable bonds is 3. The summed E-state index contributed by atoms with van der Waals surface area (Å²) in [6.07, 6.45) is 3.01. The molecule has 1 aromatic carbocycles. The lowest BCUT2D eigenvalue weighted by Gasteiger charge is -2.31. The van der Waals surface area contributed by atoms with Gasteiger partial charge in [0, 0.05) is 10.9 Å². The van der Waals surface area contributed by atoms with Crippen LogP contribution < -0.4 is 0 Å². The summed E-state index contributed by atoms with van der Waals surface area (Å²) in [6.45, 7) is 4.13. The van der Waals surface area contributed by atoms with E-state index < -0.39 is 5.60 Å². The maximum atomic E-state index is 10.5. The molecular formula is C13H17BrO. The number of halogens is 1. The van der Waals surface area contributed by atoms with Gasteiger partial charge in [-0.15, -0.1) is 0 Å². The fraction of sp³-hybridized carbons (Fsp3) is 0.538. The molecule has 0 heterocycles. The summed E-state index contributed by atoms with van der Waals surface area (Å²) in [6, 6.07) is 8.12. The maximum Gasteiger partial charge on any atom is 0.0713 e. The van der Waals surface area contributed by atoms with E-state index in [1.54, 1.807) is 0 Å². The van der Waals surface area contributed by atoms with E-state index in [-0.39, 0.29) is 5.41 Å². The van der Waals surface area contributed by atoms with Crippen molar-refractivity contribution in [2.75, 3.05) is 0 Å². The van der Waals surface area contributed by atoms with Crippen LogP contribution in [0.15, 0.2) is 28.7 Å². The molecule has 1 aliphatic carbocycles. The van der Waals surface area contributed by atoms with Gasteiger partial charge in [0.25, 0.3) is 0 Å². The van der Waals surface area contributed by atoms with E-state index in [0.717, 1.165) is 23.7 Å². The smallest absolute Gasteiger partial charge is 0.0713 e. The second-order valence-corrected chi connectivity index (χ2v) is 5.96. The van der Waals surface area contributed by atoms with Gasteiger partial charge in [-0.1, -0.05) is 41.1 Å². The first-order valence-electron chi connectivity index (χ1n) is 5.40. The summed E-state index contributed by atoms with van der Waals surface area (Å²) < 4.78 is 1.09. The molecule has 82 valence electrons. The topological polar surface area (TPSA) is 20.2 Å². The second kappa shape index (κ2) is 3.60. The van der Waals surface area contributed by atoms with E-state index in [1.165, 1.54) is 5.56 Å². The third-order valence-corrected chi connectivity index (χ3v) is 4.57. The van der Waals surface area contributed by atoms with Gasteiger partial charge >= 0.3 is 0 Å². The quantitative estimate of drug-likeness (QED) is 0.889. The van der Waals surface area contributed by atoms with Gasteiger partial charge in [0.05, 0.1) is 5.60 Å². The summed E-state index contributed by atoms with van der Waals surface area (Å²) in [5.74, 6) is 0. The van der Waals surface area contributed by atoms with Crippen molar-refractivity contribution in [1.82, 2.24) is 0 Å². The summed E-state index contributed by atoms with van der Waals surface area (Å²) in [7, 11) is 0. The van der Waals surface area contributed by atoms with E-state index in [9.17, 15) is 5.11 Å². The Morgan fingerprint density at radius 3 is 2.53 bits per heavy atom. The third kappa shape index (κ3) is 2.11. The highest BCUT2D eigenvalue weighted by atomic mass is 79.9. The molecular weight excluding hydrogens is 252 g/mol. The molecule has 0 aliphatic heterocycles. The van der Waals surface area contributed by atoms with Gasteiger partial charge in [-0.2, -0.15) is 0 Å². The molecule has 0 saturated heterocycles. The zero-order valence-electron chi connectivity index (χ0n) is 9.26. The average molecular weight is 269 g/mol. The molecule has 1 unspecified atom stereocenters. The van der Waals surface area contributed by atoms with Crippen LogP contribution in [0.25, 0.3) is 0 Å². The van der Waals surface area contributed by atoms with Gasteiger partial charge < -0.3 is 5.11 Å². The highest BCUT2D eigenvalue weighted by Crippen LogP contribution is 2.54. The standard InChI is InChI=1S/C13H17BrO/c1-12(7-8-12)13(2,15)9-10-5-3-4-6-11(10)14/h3-6,15H,7-9H2,1-2H3. The summed E-state index contributed by atoms with van der Waals surface area (Å²) in [5, 5.41) is 10.5. The summed E-state index contributed by atoms with van der Waals surface area (Å²) in [4.78, 5) is 0. The van der Waals surface area contributed by atoms with E-state index in [4.69, 9.17) is 0 Å². The first-order chi connectivity index (χ1) is 6.95. The van der Waals surface area contributed by atoms with E-state index in [2.05, 4.69) is 28.9 Å². The minimum atomic E-state index is -0.586. The largest absolute Gasteiger partial charge is 0.389 e. The Kier molecular flexibility index (Phi) is 2.68. The molecule has 0 radical (unpaired) electrons. The van der Waals surface area contributed by atoms with Crippen molar-refractivity contribution in [3.63, 3.8) is 0 Å². The third-order valence-electron chi connectivity index (χ3n) is 3.79. The number of hydrogen-bond acceptors (Lipinski definition) is 1. The number of aliphatic hydroxyl groups is 1. The van der Waals surface area contributed by atoms with Crippen molar-refractivity contribution in [1.29, 1.82) is 0 Å². The molecule has 1 atom stereocenters. The molecule has 0 amide bonds. The number of benzene rings is 1. The first kappa shape index (κ1) is 11.2. The molecule has 1 nitrogen and oxygen atoms in total. The minimum Gasteiger partial charge on any atom is -0.389 e. The van der Waals surface area contributed by atoms with Crippen LogP contribution in [0.2, 0.25) is 0 Å². The van der Waals surface area contributed by atoms with Crippen molar-refractivity contribution < 1.29 is 5.11 Å². The molecule has 1 N–H and O–H groups in total. The van der Waals surface area contributed by atoms with Crippen LogP contribution in [0.1, 0.15) is 32.3 Å². The average Bonchev–Trinajstić information content (AvgIpc) is 2.89. The van der Waals surface area contributed by atoms with Crippen molar-refractivity contribution in [3.8, 4) is 0 Å². The van der Waals surface area contributed by atoms with Crippen LogP contribution in [0.4, 0.5) is 0 Å². The fourth-order valence-electron chi connectivity index (χ4n) is 1.95. The Morgan fingerprint density at radius 1 is 1.40 bits per heavy atom. The van der Waals surface area contributed by atoms with Crippen molar-refractivity contribution in [3.05, 3.63) is 34.3 Å². The minimum absolute atomic E-state index is 0.127. The van der Waals surface area contributed by atoms with Crippen LogP contribution in [-0.2, 0) is 6.42 Å². The Balaban J connectivity index is 2.18. The van der Waals surface area contributed by atoms with Crippen LogP contribution >= 0.6 is 15.9 Å². The molecule has 2 rings (SSSR count). The highest BCUT2D eigenvalue weighted by molar-refractivity contribution is 9.10. The maximum absolute atomic E-state index is 10.5. The van der Waals surface area contributed by atoms with Gasteiger partial charge in [0.1, 0.15) is 0 Å². The van der Waals surface area contributed by atoms with E-state index in [0.29, 0.717) is 0 Å². The molecule has 1 aromatic rings. The van der Waals surface area contributed by atoms with Gasteiger partial charge in [0.2, 0.25) is 0 Å². The molecule has 1 saturated carbocycles. The Morgan fingerprint density at radius 2 is 2.00 bits per heavy atom. The molecule has 2 heteroatoms. The SMILES string of the molecule is CC(O)(Cc1ccccc1Br)C1(C)CC1. The molecule has 1 fully saturated rings. The Hall–Kier alpha value is -0.340. The predicted molar refractivity (Wildman–Crippen MR) is 65.8 cm³/mol. The summed E-state index contributed by atoms with van der Waals surface area (Å²) in [5.41, 5.74) is 0.731. The van der Waals surface area contributed by atoms with E-state index >= 15 is 0 Å². The Labute approximate surface area is 99.6 Å². The highest BCUT2D eigenvalue weighted by Gasteiger charge is 2.51. The Bertz CT molecular complexity index is 367. The van der Waals surface area contributed by atoms with Gasteiger partial charge in [-0.3, -0.25) is 0 Å². The van der Waals surface area contributed by atoms with Gasteiger partial charge in [-0.05, 0) is 36.8 Å². The lowest BCUT2D eigenvalue weighted by Crippen LogP contribution is -2.36. The van der Waals surface area contributed by atoms with E-state index in [1.807, 2.05) is 25.1 Å². The van der Waals surface area contributed by atoms with Crippen LogP contribution in [0.5, 0.6) is 0 Å². The molecule has 0 spiro atoms. The van der Waals surface area contributed by atoms with Crippen LogP contribution in [-0.4, -0.2) is 10.7 Å². The van der Waals surface area contributed by atoms with Crippen molar-refractivity contribution >= 4 is 15.9 Å². The second-order valence-electron chi connectivity index (χ2n) is 5.10. The van der Waals surface area contributed by atoms with Crippen molar-refractivity contribution in [2.45, 2.75) is 38.7 Å². The zero-order chi connectivity index (χ0) is 11.1. The van der Waals surface area contributed by atoms with Crippen molar-refractivity contribution in [2.24, 2.45) is 5.41 Å². The van der Waals surface area contributed by atoms with Crippen LogP contribution in [0.3, 0.4) is 0 Å². The zero-order valence-corrected chi connectivity index (χ0v) is 10.8. The fourth-order valence-corrected chi connectivity index (χ4v) is 2.38. The predicted octanol–water partition coefficient (Wildman–Crippen LogP) is 3.54. The number of hydrogen-bond donors (Lipinski definition) is 1. The van der Waals surface area contributed by atoms with Gasteiger partial charge in [-0.25, -0.2) is 0 Å². The summed E-state index contributed by atoms with van der Waals surface area (Å²) >= 11 is 3.52. The normalized spacial score (nSPS) is 22.1. The lowest BCUT2D eigenvalue weighted by molar-refractivity contribution is -0.00715.